The van der Waals surface area contributed by atoms with Crippen LogP contribution in [0, 0.1) is 0 Å². The molecule has 6 nitrogen and oxygen atoms in total. The standard InChI is InChI=1S/C16H24N4S.C8H13NO/c1-5-6-8-14(2)19-21(3,4)15-9-10-16(17-13-15)20-12-7-11-18-20;1-4-5-7(2)8(3)9-6-10/h7,9-14,19H,3-6,8H2,1-2H3;4-6,8H,2H2,1,3H3,(H,9,10)/b;5-4-/t;8-/m.1/s1. The number of pyridine rings is 1. The molecular formula is C24H37N5OS. The van der Waals surface area contributed by atoms with Gasteiger partial charge in [0.05, 0.1) is 6.04 Å². The second-order valence-electron chi connectivity index (χ2n) is 7.43. The van der Waals surface area contributed by atoms with E-state index in [-0.39, 0.29) is 6.04 Å². The largest absolute Gasteiger partial charge is 0.352 e. The molecule has 31 heavy (non-hydrogen) atoms. The van der Waals surface area contributed by atoms with Crippen LogP contribution in [-0.2, 0) is 4.79 Å². The van der Waals surface area contributed by atoms with Crippen LogP contribution in [0.2, 0.25) is 0 Å². The van der Waals surface area contributed by atoms with Crippen molar-refractivity contribution in [2.24, 2.45) is 0 Å². The van der Waals surface area contributed by atoms with Crippen LogP contribution in [0.1, 0.15) is 47.0 Å². The minimum atomic E-state index is -1.52. The first-order chi connectivity index (χ1) is 14.7. The van der Waals surface area contributed by atoms with Crippen molar-refractivity contribution in [2.45, 2.75) is 63.9 Å². The molecule has 1 unspecified atom stereocenters. The highest BCUT2D eigenvalue weighted by molar-refractivity contribution is 8.26. The molecule has 0 aliphatic carbocycles. The zero-order chi connectivity index (χ0) is 23.3. The smallest absolute Gasteiger partial charge is 0.207 e. The number of nitrogens with one attached hydrogen (secondary N) is 2. The van der Waals surface area contributed by atoms with E-state index < -0.39 is 9.39 Å². The highest BCUT2D eigenvalue weighted by Gasteiger charge is 2.08. The highest BCUT2D eigenvalue weighted by atomic mass is 32.2. The van der Waals surface area contributed by atoms with Crippen molar-refractivity contribution in [3.8, 4) is 5.82 Å². The molecule has 2 atom stereocenters. The molecule has 7 heteroatoms. The predicted octanol–water partition coefficient (Wildman–Crippen LogP) is 4.63. The first kappa shape index (κ1) is 26.4. The Hall–Kier alpha value is -2.64. The summed E-state index contributed by atoms with van der Waals surface area (Å²) in [7, 11) is -1.52. The van der Waals surface area contributed by atoms with Crippen LogP contribution in [0.5, 0.6) is 0 Å². The lowest BCUT2D eigenvalue weighted by Gasteiger charge is -2.22. The van der Waals surface area contributed by atoms with E-state index in [1.54, 1.807) is 10.9 Å². The van der Waals surface area contributed by atoms with Gasteiger partial charge in [-0.3, -0.25) is 9.52 Å². The lowest BCUT2D eigenvalue weighted by molar-refractivity contribution is -0.109. The first-order valence-corrected chi connectivity index (χ1v) is 12.5. The summed E-state index contributed by atoms with van der Waals surface area (Å²) in [6.07, 6.45) is 13.5. The summed E-state index contributed by atoms with van der Waals surface area (Å²) >= 11 is 0. The van der Waals surface area contributed by atoms with Crippen molar-refractivity contribution in [3.63, 3.8) is 0 Å². The van der Waals surface area contributed by atoms with Crippen molar-refractivity contribution >= 4 is 27.5 Å². The summed E-state index contributed by atoms with van der Waals surface area (Å²) < 4.78 is 5.30. The number of hydrogen-bond acceptors (Lipinski definition) is 4. The molecule has 2 N–H and O–H groups in total. The zero-order valence-electron chi connectivity index (χ0n) is 19.3. The number of amides is 1. The molecule has 0 aliphatic rings. The van der Waals surface area contributed by atoms with Gasteiger partial charge in [-0.2, -0.15) is 5.10 Å². The summed E-state index contributed by atoms with van der Waals surface area (Å²) in [6.45, 7) is 12.0. The minimum absolute atomic E-state index is 0.0358. The molecule has 0 spiro atoms. The van der Waals surface area contributed by atoms with E-state index in [9.17, 15) is 4.79 Å². The van der Waals surface area contributed by atoms with E-state index in [4.69, 9.17) is 0 Å². The molecule has 0 aliphatic heterocycles. The van der Waals surface area contributed by atoms with Gasteiger partial charge in [-0.15, -0.1) is 9.39 Å². The Morgan fingerprint density at radius 2 is 2.06 bits per heavy atom. The molecule has 170 valence electrons. The third kappa shape index (κ3) is 9.36. The average molecular weight is 444 g/mol. The van der Waals surface area contributed by atoms with Crippen LogP contribution < -0.4 is 10.0 Å². The molecule has 1 amide bonds. The van der Waals surface area contributed by atoms with Crippen LogP contribution in [0.15, 0.2) is 66.0 Å². The van der Waals surface area contributed by atoms with E-state index in [0.717, 1.165) is 22.7 Å². The molecule has 2 rings (SSSR count). The topological polar surface area (TPSA) is 71.8 Å². The molecule has 2 aromatic rings. The molecule has 0 saturated heterocycles. The second kappa shape index (κ2) is 13.6. The Bertz CT molecular complexity index is 915. The van der Waals surface area contributed by atoms with Crippen molar-refractivity contribution < 1.29 is 4.79 Å². The summed E-state index contributed by atoms with van der Waals surface area (Å²) in [5.74, 6) is 9.36. The maximum Gasteiger partial charge on any atom is 0.207 e. The van der Waals surface area contributed by atoms with Crippen LogP contribution in [0.4, 0.5) is 0 Å². The molecule has 0 bridgehead atoms. The van der Waals surface area contributed by atoms with Crippen molar-refractivity contribution in [1.82, 2.24) is 24.8 Å². The number of hydrogen-bond donors (Lipinski definition) is 2. The minimum Gasteiger partial charge on any atom is -0.352 e. The average Bonchev–Trinajstić information content (AvgIpc) is 3.28. The maximum atomic E-state index is 9.95. The summed E-state index contributed by atoms with van der Waals surface area (Å²) in [4.78, 5) is 15.5. The number of aromatic nitrogens is 3. The maximum absolute atomic E-state index is 9.95. The van der Waals surface area contributed by atoms with Gasteiger partial charge in [0.15, 0.2) is 5.82 Å². The lowest BCUT2D eigenvalue weighted by atomic mass is 10.1. The van der Waals surface area contributed by atoms with Crippen LogP contribution in [0.25, 0.3) is 5.82 Å². The predicted molar refractivity (Wildman–Crippen MR) is 136 cm³/mol. The summed E-state index contributed by atoms with van der Waals surface area (Å²) in [6, 6.07) is 6.33. The van der Waals surface area contributed by atoms with Crippen molar-refractivity contribution in [2.75, 3.05) is 0 Å². The molecule has 2 aromatic heterocycles. The number of unbranched alkanes of at least 4 members (excludes halogenated alkanes) is 1. The zero-order valence-corrected chi connectivity index (χ0v) is 20.1. The fourth-order valence-electron chi connectivity index (χ4n) is 2.73. The third-order valence-corrected chi connectivity index (χ3v) is 6.58. The highest BCUT2D eigenvalue weighted by Crippen LogP contribution is 2.28. The number of carbonyl (C=O) groups is 1. The van der Waals surface area contributed by atoms with Gasteiger partial charge in [0, 0.05) is 29.5 Å². The number of rotatable bonds is 11. The van der Waals surface area contributed by atoms with Crippen LogP contribution in [-0.4, -0.2) is 45.0 Å². The van der Waals surface area contributed by atoms with E-state index in [0.29, 0.717) is 12.5 Å². The summed E-state index contributed by atoms with van der Waals surface area (Å²) in [5.41, 5.74) is 0.912. The Morgan fingerprint density at radius 3 is 2.58 bits per heavy atom. The van der Waals surface area contributed by atoms with Gasteiger partial charge in [-0.25, -0.2) is 9.67 Å². The number of nitrogens with zero attached hydrogens (tertiary/aromatic N) is 3. The lowest BCUT2D eigenvalue weighted by Crippen LogP contribution is -2.25. The van der Waals surface area contributed by atoms with E-state index in [1.165, 1.54) is 12.8 Å². The molecular weight excluding hydrogens is 406 g/mol. The quantitative estimate of drug-likeness (QED) is 0.302. The SMILES string of the molecule is C=C(/C=C\C)[C@@H](C)NC=O.C=S(=C)(NC(C)CCCC)c1ccc(-n2cccn2)nc1. The van der Waals surface area contributed by atoms with Gasteiger partial charge >= 0.3 is 0 Å². The Labute approximate surface area is 188 Å². The van der Waals surface area contributed by atoms with Gasteiger partial charge in [-0.05, 0) is 51.0 Å². The van der Waals surface area contributed by atoms with E-state index >= 15 is 0 Å². The van der Waals surface area contributed by atoms with Gasteiger partial charge in [0.2, 0.25) is 6.41 Å². The fourth-order valence-corrected chi connectivity index (χ4v) is 4.34. The van der Waals surface area contributed by atoms with Crippen molar-refractivity contribution in [3.05, 3.63) is 61.1 Å². The molecule has 2 heterocycles. The third-order valence-electron chi connectivity index (χ3n) is 4.58. The van der Waals surface area contributed by atoms with Gasteiger partial charge in [-0.1, -0.05) is 50.2 Å². The number of allylic oxidation sites excluding steroid dienone is 1. The van der Waals surface area contributed by atoms with E-state index in [1.807, 2.05) is 56.6 Å². The normalized spacial score (nSPS) is 13.2. The van der Waals surface area contributed by atoms with Gasteiger partial charge in [0.25, 0.3) is 0 Å². The first-order valence-electron chi connectivity index (χ1n) is 10.5. The fraction of sp³-hybridized carbons (Fsp3) is 0.375. The molecule has 0 saturated carbocycles. The monoisotopic (exact) mass is 443 g/mol. The molecule has 0 radical (unpaired) electrons. The Balaban J connectivity index is 0.000000407. The van der Waals surface area contributed by atoms with Crippen molar-refractivity contribution in [1.29, 1.82) is 0 Å². The second-order valence-corrected chi connectivity index (χ2v) is 9.90. The molecule has 0 fully saturated rings. The van der Waals surface area contributed by atoms with Crippen LogP contribution in [0.3, 0.4) is 0 Å². The van der Waals surface area contributed by atoms with Gasteiger partial charge < -0.3 is 5.32 Å². The summed E-state index contributed by atoms with van der Waals surface area (Å²) in [5, 5.41) is 6.77. The Kier molecular flexibility index (Phi) is 11.6. The molecule has 0 aromatic carbocycles. The van der Waals surface area contributed by atoms with E-state index in [2.05, 4.69) is 52.3 Å². The number of carbonyl (C=O) groups excluding carboxylic acids is 1. The Morgan fingerprint density at radius 1 is 1.32 bits per heavy atom. The van der Waals surface area contributed by atoms with Gasteiger partial charge in [0.1, 0.15) is 0 Å². The van der Waals surface area contributed by atoms with Crippen LogP contribution >= 0.6 is 9.39 Å².